The lowest BCUT2D eigenvalue weighted by atomic mass is 9.85. The molecule has 3 atom stereocenters. The van der Waals surface area contributed by atoms with Gasteiger partial charge in [-0.3, -0.25) is 9.59 Å². The number of halogens is 1. The molecule has 0 saturated carbocycles. The van der Waals surface area contributed by atoms with Crippen LogP contribution in [0.3, 0.4) is 0 Å². The van der Waals surface area contributed by atoms with Gasteiger partial charge in [0.1, 0.15) is 6.04 Å². The van der Waals surface area contributed by atoms with Crippen LogP contribution in [0, 0.1) is 19.8 Å². The highest BCUT2D eigenvalue weighted by Crippen LogP contribution is 2.31. The predicted molar refractivity (Wildman–Crippen MR) is 167 cm³/mol. The zero-order valence-electron chi connectivity index (χ0n) is 25.5. The van der Waals surface area contributed by atoms with E-state index in [0.29, 0.717) is 11.6 Å². The van der Waals surface area contributed by atoms with Crippen molar-refractivity contribution in [3.8, 4) is 5.75 Å². The molecule has 1 aromatic carbocycles. The molecule has 0 radical (unpaired) electrons. The third kappa shape index (κ3) is 8.24. The quantitative estimate of drug-likeness (QED) is 0.411. The van der Waals surface area contributed by atoms with Crippen molar-refractivity contribution in [2.45, 2.75) is 58.2 Å². The van der Waals surface area contributed by atoms with Gasteiger partial charge in [-0.25, -0.2) is 4.79 Å². The number of aryl methyl sites for hydroxylation is 1. The number of carbonyl (C=O) groups excluding carboxylic acids is 3. The van der Waals surface area contributed by atoms with Crippen molar-refractivity contribution in [3.05, 3.63) is 50.7 Å². The van der Waals surface area contributed by atoms with E-state index in [1.54, 1.807) is 22.3 Å². The van der Waals surface area contributed by atoms with Gasteiger partial charge in [-0.2, -0.15) is 0 Å². The van der Waals surface area contributed by atoms with Crippen LogP contribution in [-0.2, 0) is 16.1 Å². The maximum absolute atomic E-state index is 14.1. The average molecular weight is 619 g/mol. The maximum Gasteiger partial charge on any atom is 0.415 e. The standard InChI is InChI=1S/C31H44ClN5O4S/c1-21-12-13-26(27(32)22(21)2)41-31(40)35-15-16-36(25(20-35)29(38)34-19-24-11-8-18-42-24)30(39)28-23(9-6-14-33-28)10-7-17-37(3,4)5/h8,11-13,18,23,25,28,33H,6-7,9-10,14-17,19-20H2,1-5H3/p+1/t23-,25?,28-/m1/s1. The van der Waals surface area contributed by atoms with E-state index in [9.17, 15) is 14.4 Å². The van der Waals surface area contributed by atoms with Crippen molar-refractivity contribution >= 4 is 40.8 Å². The largest absolute Gasteiger partial charge is 0.415 e. The van der Waals surface area contributed by atoms with Gasteiger partial charge in [0.05, 0.1) is 51.8 Å². The fourth-order valence-electron chi connectivity index (χ4n) is 5.70. The first-order chi connectivity index (χ1) is 19.9. The molecule has 0 spiro atoms. The summed E-state index contributed by atoms with van der Waals surface area (Å²) in [5.41, 5.74) is 1.85. The minimum absolute atomic E-state index is 0.0438. The SMILES string of the molecule is Cc1ccc(OC(=O)N2CCN(C(=O)[C@@H]3NCCC[C@@H]3CCC[N+](C)(C)C)C(C(=O)NCc3cccs3)C2)c(Cl)c1C. The number of hydrogen-bond acceptors (Lipinski definition) is 6. The third-order valence-corrected chi connectivity index (χ3v) is 9.66. The van der Waals surface area contributed by atoms with E-state index in [1.165, 1.54) is 4.90 Å². The summed E-state index contributed by atoms with van der Waals surface area (Å²) in [6, 6.07) is 6.26. The van der Waals surface area contributed by atoms with Crippen molar-refractivity contribution in [2.75, 3.05) is 53.9 Å². The Morgan fingerprint density at radius 2 is 1.95 bits per heavy atom. The van der Waals surface area contributed by atoms with E-state index in [0.717, 1.165) is 59.3 Å². The van der Waals surface area contributed by atoms with Gasteiger partial charge in [-0.1, -0.05) is 23.7 Å². The molecule has 1 unspecified atom stereocenters. The number of thiophene rings is 1. The summed E-state index contributed by atoms with van der Waals surface area (Å²) >= 11 is 8.01. The minimum Gasteiger partial charge on any atom is -0.409 e. The van der Waals surface area contributed by atoms with Gasteiger partial charge >= 0.3 is 6.09 Å². The number of ether oxygens (including phenoxy) is 1. The predicted octanol–water partition coefficient (Wildman–Crippen LogP) is 4.20. The van der Waals surface area contributed by atoms with E-state index in [1.807, 2.05) is 37.4 Å². The first-order valence-electron chi connectivity index (χ1n) is 14.8. The lowest BCUT2D eigenvalue weighted by Gasteiger charge is -2.43. The van der Waals surface area contributed by atoms with Crippen molar-refractivity contribution in [1.29, 1.82) is 0 Å². The zero-order valence-corrected chi connectivity index (χ0v) is 27.0. The molecule has 2 aliphatic rings. The zero-order chi connectivity index (χ0) is 30.4. The molecule has 3 amide bonds. The third-order valence-electron chi connectivity index (χ3n) is 8.32. The van der Waals surface area contributed by atoms with Crippen molar-refractivity contribution in [2.24, 2.45) is 5.92 Å². The van der Waals surface area contributed by atoms with Crippen LogP contribution >= 0.6 is 22.9 Å². The molecule has 230 valence electrons. The number of benzene rings is 1. The molecule has 1 aromatic heterocycles. The summed E-state index contributed by atoms with van der Waals surface area (Å²) in [6.07, 6.45) is 3.42. The highest BCUT2D eigenvalue weighted by atomic mass is 35.5. The van der Waals surface area contributed by atoms with Gasteiger partial charge in [-0.05, 0) is 80.6 Å². The smallest absolute Gasteiger partial charge is 0.409 e. The van der Waals surface area contributed by atoms with E-state index in [2.05, 4.69) is 31.8 Å². The maximum atomic E-state index is 14.1. The molecular formula is C31H45ClN5O4S+. The first kappa shape index (κ1) is 32.3. The summed E-state index contributed by atoms with van der Waals surface area (Å²) in [5.74, 6) is 0.148. The Kier molecular flexibility index (Phi) is 10.9. The second kappa shape index (κ2) is 14.2. The number of hydrogen-bond donors (Lipinski definition) is 2. The second-order valence-electron chi connectivity index (χ2n) is 12.5. The normalized spacial score (nSPS) is 21.2. The van der Waals surface area contributed by atoms with Crippen LogP contribution in [-0.4, -0.2) is 98.1 Å². The Morgan fingerprint density at radius 3 is 2.67 bits per heavy atom. The van der Waals surface area contributed by atoms with Crippen LogP contribution in [0.4, 0.5) is 4.79 Å². The van der Waals surface area contributed by atoms with Gasteiger partial charge in [0, 0.05) is 18.0 Å². The van der Waals surface area contributed by atoms with Crippen LogP contribution in [0.25, 0.3) is 0 Å². The summed E-state index contributed by atoms with van der Waals surface area (Å²) in [4.78, 5) is 45.1. The molecule has 4 rings (SSSR count). The number of nitrogens with one attached hydrogen (secondary N) is 2. The molecule has 2 N–H and O–H groups in total. The highest BCUT2D eigenvalue weighted by Gasteiger charge is 2.42. The van der Waals surface area contributed by atoms with Gasteiger partial charge in [0.2, 0.25) is 11.8 Å². The fourth-order valence-corrected chi connectivity index (χ4v) is 6.59. The number of piperidine rings is 1. The molecule has 2 aliphatic heterocycles. The average Bonchev–Trinajstić information content (AvgIpc) is 3.49. The lowest BCUT2D eigenvalue weighted by molar-refractivity contribution is -0.870. The van der Waals surface area contributed by atoms with Crippen molar-refractivity contribution in [3.63, 3.8) is 0 Å². The van der Waals surface area contributed by atoms with Crippen LogP contribution in [0.2, 0.25) is 5.02 Å². The van der Waals surface area contributed by atoms with Crippen molar-refractivity contribution < 1.29 is 23.6 Å². The Bertz CT molecular complexity index is 1250. The molecule has 42 heavy (non-hydrogen) atoms. The Balaban J connectivity index is 1.49. The molecule has 2 fully saturated rings. The van der Waals surface area contributed by atoms with E-state index in [4.69, 9.17) is 16.3 Å². The van der Waals surface area contributed by atoms with Crippen LogP contribution in [0.1, 0.15) is 41.7 Å². The van der Waals surface area contributed by atoms with E-state index < -0.39 is 12.1 Å². The fraction of sp³-hybridized carbons (Fsp3) is 0.581. The summed E-state index contributed by atoms with van der Waals surface area (Å²) < 4.78 is 6.56. The van der Waals surface area contributed by atoms with Gasteiger partial charge < -0.3 is 29.7 Å². The van der Waals surface area contributed by atoms with Crippen LogP contribution in [0.5, 0.6) is 5.75 Å². The molecular weight excluding hydrogens is 574 g/mol. The number of amides is 3. The van der Waals surface area contributed by atoms with Crippen LogP contribution < -0.4 is 15.4 Å². The molecule has 11 heteroatoms. The second-order valence-corrected chi connectivity index (χ2v) is 13.9. The van der Waals surface area contributed by atoms with Gasteiger partial charge in [0.15, 0.2) is 5.75 Å². The Labute approximate surface area is 258 Å². The lowest BCUT2D eigenvalue weighted by Crippen LogP contribution is -2.65. The van der Waals surface area contributed by atoms with Crippen molar-refractivity contribution in [1.82, 2.24) is 20.4 Å². The van der Waals surface area contributed by atoms with E-state index >= 15 is 0 Å². The highest BCUT2D eigenvalue weighted by molar-refractivity contribution is 7.09. The minimum atomic E-state index is -0.829. The van der Waals surface area contributed by atoms with Gasteiger partial charge in [-0.15, -0.1) is 11.3 Å². The summed E-state index contributed by atoms with van der Waals surface area (Å²) in [7, 11) is 6.54. The Hall–Kier alpha value is -2.66. The molecule has 9 nitrogen and oxygen atoms in total. The van der Waals surface area contributed by atoms with Crippen LogP contribution in [0.15, 0.2) is 29.6 Å². The molecule has 3 heterocycles. The molecule has 2 saturated heterocycles. The van der Waals surface area contributed by atoms with Gasteiger partial charge in [0.25, 0.3) is 0 Å². The summed E-state index contributed by atoms with van der Waals surface area (Å²) in [5, 5.41) is 8.81. The number of carbonyl (C=O) groups is 3. The number of rotatable bonds is 9. The number of quaternary nitrogens is 1. The Morgan fingerprint density at radius 1 is 1.17 bits per heavy atom. The monoisotopic (exact) mass is 618 g/mol. The number of nitrogens with zero attached hydrogens (tertiary/aromatic N) is 3. The number of piperazine rings is 1. The van der Waals surface area contributed by atoms with E-state index in [-0.39, 0.29) is 49.2 Å². The topological polar surface area (TPSA) is 91.0 Å². The molecule has 0 bridgehead atoms. The first-order valence-corrected chi connectivity index (χ1v) is 16.1. The summed E-state index contributed by atoms with van der Waals surface area (Å²) in [6.45, 7) is 6.56. The molecule has 0 aliphatic carbocycles. The molecule has 2 aromatic rings.